The number of fused-ring (bicyclic) bond motifs is 1. The first-order valence-corrected chi connectivity index (χ1v) is 8.73. The van der Waals surface area contributed by atoms with Crippen LogP contribution in [0.4, 0.5) is 4.79 Å². The van der Waals surface area contributed by atoms with E-state index < -0.39 is 12.0 Å². The van der Waals surface area contributed by atoms with E-state index in [2.05, 4.69) is 36.0 Å². The maximum atomic E-state index is 12.8. The number of aromatic nitrogens is 2. The number of carbonyl (C=O) groups is 2. The molecule has 132 valence electrons. The van der Waals surface area contributed by atoms with Crippen LogP contribution in [0.3, 0.4) is 0 Å². The zero-order valence-corrected chi connectivity index (χ0v) is 15.5. The third-order valence-electron chi connectivity index (χ3n) is 4.27. The molecule has 8 heteroatoms. The Hall–Kier alpha value is -2.35. The van der Waals surface area contributed by atoms with Gasteiger partial charge >= 0.3 is 12.0 Å². The van der Waals surface area contributed by atoms with Crippen LogP contribution in [0.1, 0.15) is 29.9 Å². The number of methoxy groups -OCH3 is 1. The summed E-state index contributed by atoms with van der Waals surface area (Å²) in [5.41, 5.74) is 2.81. The highest BCUT2D eigenvalue weighted by Gasteiger charge is 2.35. The predicted octanol–water partition coefficient (Wildman–Crippen LogP) is 2.39. The van der Waals surface area contributed by atoms with Crippen LogP contribution in [-0.2, 0) is 16.0 Å². The van der Waals surface area contributed by atoms with Crippen molar-refractivity contribution < 1.29 is 14.3 Å². The smallest absolute Gasteiger partial charge is 0.328 e. The second-order valence-corrected chi connectivity index (χ2v) is 6.77. The van der Waals surface area contributed by atoms with Gasteiger partial charge in [-0.25, -0.2) is 14.6 Å². The number of amides is 2. The van der Waals surface area contributed by atoms with Crippen molar-refractivity contribution >= 4 is 27.9 Å². The SMILES string of the molecule is COC(=O)[C@@H](C)NC(=O)N1CCc2[nH]cnc2[C@@H]1c1ccc(Br)cc1. The van der Waals surface area contributed by atoms with E-state index in [1.807, 2.05) is 24.3 Å². The topological polar surface area (TPSA) is 87.3 Å². The number of urea groups is 1. The summed E-state index contributed by atoms with van der Waals surface area (Å²) >= 11 is 3.43. The van der Waals surface area contributed by atoms with Crippen LogP contribution >= 0.6 is 15.9 Å². The molecule has 1 aromatic carbocycles. The van der Waals surface area contributed by atoms with E-state index in [0.29, 0.717) is 13.0 Å². The van der Waals surface area contributed by atoms with E-state index >= 15 is 0 Å². The average molecular weight is 407 g/mol. The molecule has 0 unspecified atom stereocenters. The van der Waals surface area contributed by atoms with Crippen molar-refractivity contribution in [1.29, 1.82) is 0 Å². The summed E-state index contributed by atoms with van der Waals surface area (Å²) < 4.78 is 5.64. The van der Waals surface area contributed by atoms with Crippen molar-refractivity contribution in [2.75, 3.05) is 13.7 Å². The van der Waals surface area contributed by atoms with Crippen LogP contribution in [0.25, 0.3) is 0 Å². The predicted molar refractivity (Wildman–Crippen MR) is 95.0 cm³/mol. The Bertz CT molecular complexity index is 774. The minimum absolute atomic E-state index is 0.312. The Morgan fingerprint density at radius 1 is 1.40 bits per heavy atom. The van der Waals surface area contributed by atoms with E-state index in [1.165, 1.54) is 7.11 Å². The van der Waals surface area contributed by atoms with Crippen molar-refractivity contribution in [2.45, 2.75) is 25.4 Å². The monoisotopic (exact) mass is 406 g/mol. The lowest BCUT2D eigenvalue weighted by atomic mass is 9.96. The molecule has 2 N–H and O–H groups in total. The molecule has 3 rings (SSSR count). The normalized spacial score (nSPS) is 17.6. The first-order valence-electron chi connectivity index (χ1n) is 7.94. The molecule has 0 fully saturated rings. The van der Waals surface area contributed by atoms with Crippen molar-refractivity contribution in [1.82, 2.24) is 20.2 Å². The maximum Gasteiger partial charge on any atom is 0.328 e. The highest BCUT2D eigenvalue weighted by Crippen LogP contribution is 2.33. The highest BCUT2D eigenvalue weighted by atomic mass is 79.9. The van der Waals surface area contributed by atoms with E-state index in [9.17, 15) is 9.59 Å². The molecule has 0 saturated heterocycles. The molecule has 2 amide bonds. The Kier molecular flexibility index (Phi) is 5.08. The Morgan fingerprint density at radius 2 is 2.12 bits per heavy atom. The molecule has 0 bridgehead atoms. The number of hydrogen-bond donors (Lipinski definition) is 2. The second-order valence-electron chi connectivity index (χ2n) is 5.86. The molecule has 25 heavy (non-hydrogen) atoms. The number of rotatable bonds is 3. The van der Waals surface area contributed by atoms with Gasteiger partial charge in [0.2, 0.25) is 0 Å². The minimum atomic E-state index is -0.719. The standard InChI is InChI=1S/C17H19BrN4O3/c1-10(16(23)25-2)21-17(24)22-8-7-13-14(20-9-19-13)15(22)11-3-5-12(18)6-4-11/h3-6,9-10,15H,7-8H2,1-2H3,(H,19,20)(H,21,24)/t10-,15+/m1/s1. The summed E-state index contributed by atoms with van der Waals surface area (Å²) in [7, 11) is 1.30. The molecule has 2 heterocycles. The number of halogens is 1. The van der Waals surface area contributed by atoms with Crippen molar-refractivity contribution in [3.63, 3.8) is 0 Å². The fraction of sp³-hybridized carbons (Fsp3) is 0.353. The van der Waals surface area contributed by atoms with Gasteiger partial charge in [-0.1, -0.05) is 28.1 Å². The van der Waals surface area contributed by atoms with Crippen LogP contribution in [0.2, 0.25) is 0 Å². The van der Waals surface area contributed by atoms with Crippen LogP contribution in [0.5, 0.6) is 0 Å². The number of aromatic amines is 1. The lowest BCUT2D eigenvalue weighted by Gasteiger charge is -2.35. The molecular weight excluding hydrogens is 388 g/mol. The van der Waals surface area contributed by atoms with Crippen LogP contribution in [0, 0.1) is 0 Å². The van der Waals surface area contributed by atoms with Gasteiger partial charge in [-0.3, -0.25) is 0 Å². The van der Waals surface area contributed by atoms with Gasteiger partial charge < -0.3 is 19.9 Å². The van der Waals surface area contributed by atoms with Gasteiger partial charge in [0, 0.05) is 23.1 Å². The van der Waals surface area contributed by atoms with Gasteiger partial charge in [-0.2, -0.15) is 0 Å². The molecule has 2 aromatic rings. The molecule has 2 atom stereocenters. The quantitative estimate of drug-likeness (QED) is 0.765. The Morgan fingerprint density at radius 3 is 2.80 bits per heavy atom. The first kappa shape index (κ1) is 17.5. The largest absolute Gasteiger partial charge is 0.467 e. The lowest BCUT2D eigenvalue weighted by Crippen LogP contribution is -2.50. The summed E-state index contributed by atoms with van der Waals surface area (Å²) in [5, 5.41) is 2.70. The fourth-order valence-corrected chi connectivity index (χ4v) is 3.25. The summed E-state index contributed by atoms with van der Waals surface area (Å²) in [6.45, 7) is 2.12. The molecule has 1 aliphatic rings. The number of hydrogen-bond acceptors (Lipinski definition) is 4. The average Bonchev–Trinajstić information content (AvgIpc) is 3.09. The molecular formula is C17H19BrN4O3. The van der Waals surface area contributed by atoms with Crippen LogP contribution in [-0.4, -0.2) is 46.6 Å². The Labute approximate surface area is 153 Å². The maximum absolute atomic E-state index is 12.8. The number of esters is 1. The molecule has 0 aliphatic carbocycles. The third-order valence-corrected chi connectivity index (χ3v) is 4.79. The highest BCUT2D eigenvalue weighted by molar-refractivity contribution is 9.10. The molecule has 7 nitrogen and oxygen atoms in total. The summed E-state index contributed by atoms with van der Waals surface area (Å²) in [4.78, 5) is 33.6. The summed E-state index contributed by atoms with van der Waals surface area (Å²) in [6.07, 6.45) is 2.33. The van der Waals surface area contributed by atoms with Gasteiger partial charge in [-0.05, 0) is 24.6 Å². The summed E-state index contributed by atoms with van der Waals surface area (Å²) in [5.74, 6) is -0.481. The zero-order valence-electron chi connectivity index (χ0n) is 14.0. The van der Waals surface area contributed by atoms with Crippen LogP contribution in [0.15, 0.2) is 35.1 Å². The van der Waals surface area contributed by atoms with Crippen molar-refractivity contribution in [2.24, 2.45) is 0 Å². The minimum Gasteiger partial charge on any atom is -0.467 e. The van der Waals surface area contributed by atoms with Gasteiger partial charge in [0.1, 0.15) is 12.1 Å². The van der Waals surface area contributed by atoms with Gasteiger partial charge in [-0.15, -0.1) is 0 Å². The number of nitrogens with one attached hydrogen (secondary N) is 2. The molecule has 0 spiro atoms. The third kappa shape index (κ3) is 3.53. The number of benzene rings is 1. The molecule has 0 radical (unpaired) electrons. The van der Waals surface area contributed by atoms with Crippen molar-refractivity contribution in [3.8, 4) is 0 Å². The summed E-state index contributed by atoms with van der Waals surface area (Å²) in [6, 6.07) is 6.44. The van der Waals surface area contributed by atoms with Gasteiger partial charge in [0.15, 0.2) is 0 Å². The van der Waals surface area contributed by atoms with E-state index in [-0.39, 0.29) is 12.1 Å². The fourth-order valence-electron chi connectivity index (χ4n) is 2.98. The Balaban J connectivity index is 1.90. The zero-order chi connectivity index (χ0) is 18.0. The van der Waals surface area contributed by atoms with Gasteiger partial charge in [0.05, 0.1) is 19.1 Å². The van der Waals surface area contributed by atoms with Gasteiger partial charge in [0.25, 0.3) is 0 Å². The molecule has 0 saturated carbocycles. The number of ether oxygens (including phenoxy) is 1. The number of imidazole rings is 1. The van der Waals surface area contributed by atoms with Crippen molar-refractivity contribution in [3.05, 3.63) is 52.0 Å². The second kappa shape index (κ2) is 7.26. The van der Waals surface area contributed by atoms with E-state index in [0.717, 1.165) is 21.4 Å². The van der Waals surface area contributed by atoms with E-state index in [1.54, 1.807) is 18.2 Å². The number of carbonyl (C=O) groups excluding carboxylic acids is 2. The van der Waals surface area contributed by atoms with Crippen LogP contribution < -0.4 is 5.32 Å². The molecule has 1 aromatic heterocycles. The number of nitrogens with zero attached hydrogens (tertiary/aromatic N) is 2. The first-order chi connectivity index (χ1) is 12.0. The lowest BCUT2D eigenvalue weighted by molar-refractivity contribution is -0.142. The number of H-pyrrole nitrogens is 1. The van der Waals surface area contributed by atoms with E-state index in [4.69, 9.17) is 0 Å². The molecule has 1 aliphatic heterocycles.